The van der Waals surface area contributed by atoms with Crippen molar-refractivity contribution in [2.45, 2.75) is 26.1 Å². The fourth-order valence-corrected chi connectivity index (χ4v) is 1.85. The van der Waals surface area contributed by atoms with Crippen LogP contribution in [0, 0.1) is 5.92 Å². The van der Waals surface area contributed by atoms with E-state index in [1.165, 1.54) is 0 Å². The average Bonchev–Trinajstić information content (AvgIpc) is 2.16. The van der Waals surface area contributed by atoms with Crippen LogP contribution in [-0.2, 0) is 9.53 Å². The number of hydrogen-bond donors (Lipinski definition) is 0. The molecule has 1 aliphatic heterocycles. The molecule has 1 aliphatic rings. The van der Waals surface area contributed by atoms with Crippen molar-refractivity contribution >= 4 is 5.78 Å². The van der Waals surface area contributed by atoms with Gasteiger partial charge in [0.15, 0.2) is 0 Å². The van der Waals surface area contributed by atoms with Crippen molar-refractivity contribution in [2.75, 3.05) is 26.2 Å². The Morgan fingerprint density at radius 3 is 2.38 bits per heavy atom. The number of rotatable bonds is 4. The summed E-state index contributed by atoms with van der Waals surface area (Å²) in [6, 6.07) is 0. The number of Topliss-reactive ketones (excluding diaryl/α,β-unsaturated/α-hetero) is 1. The van der Waals surface area contributed by atoms with Gasteiger partial charge in [0.1, 0.15) is 5.78 Å². The molecule has 0 bridgehead atoms. The third kappa shape index (κ3) is 4.94. The van der Waals surface area contributed by atoms with Crippen LogP contribution in [0.1, 0.15) is 19.8 Å². The molecular weight excluding hydrogens is 223 g/mol. The summed E-state index contributed by atoms with van der Waals surface area (Å²) in [6.07, 6.45) is -3.07. The topological polar surface area (TPSA) is 29.5 Å². The second kappa shape index (κ2) is 5.63. The van der Waals surface area contributed by atoms with Crippen LogP contribution in [-0.4, -0.2) is 43.3 Å². The van der Waals surface area contributed by atoms with Gasteiger partial charge < -0.3 is 4.90 Å². The fourth-order valence-electron chi connectivity index (χ4n) is 1.85. The van der Waals surface area contributed by atoms with Crippen LogP contribution in [0.3, 0.4) is 0 Å². The summed E-state index contributed by atoms with van der Waals surface area (Å²) in [7, 11) is 0. The summed E-state index contributed by atoms with van der Waals surface area (Å²) in [5, 5.41) is 0. The molecule has 0 unspecified atom stereocenters. The van der Waals surface area contributed by atoms with Gasteiger partial charge in [0.2, 0.25) is 0 Å². The summed E-state index contributed by atoms with van der Waals surface area (Å²) >= 11 is 0. The summed E-state index contributed by atoms with van der Waals surface area (Å²) in [5.41, 5.74) is 0. The molecule has 0 aromatic carbocycles. The van der Waals surface area contributed by atoms with E-state index in [2.05, 4.69) is 4.74 Å². The highest BCUT2D eigenvalue weighted by atomic mass is 19.4. The molecule has 16 heavy (non-hydrogen) atoms. The number of ether oxygens (including phenoxy) is 1. The van der Waals surface area contributed by atoms with E-state index in [-0.39, 0.29) is 24.9 Å². The average molecular weight is 239 g/mol. The molecule has 1 rings (SSSR count). The van der Waals surface area contributed by atoms with Gasteiger partial charge in [-0.15, -0.1) is 13.2 Å². The molecular formula is C10H16F3NO2. The summed E-state index contributed by atoms with van der Waals surface area (Å²) < 4.78 is 38.8. The number of piperidine rings is 1. The lowest BCUT2D eigenvalue weighted by molar-refractivity contribution is -0.325. The summed E-state index contributed by atoms with van der Waals surface area (Å²) in [4.78, 5) is 13.0. The Bertz CT molecular complexity index is 235. The van der Waals surface area contributed by atoms with Crippen molar-refractivity contribution in [2.24, 2.45) is 5.92 Å². The molecule has 0 aliphatic carbocycles. The molecule has 0 spiro atoms. The van der Waals surface area contributed by atoms with Crippen molar-refractivity contribution in [3.05, 3.63) is 0 Å². The maximum Gasteiger partial charge on any atom is 0.522 e. The van der Waals surface area contributed by atoms with E-state index in [9.17, 15) is 18.0 Å². The molecule has 0 atom stereocenters. The Morgan fingerprint density at radius 1 is 1.38 bits per heavy atom. The number of alkyl halides is 3. The number of likely N-dealkylation sites (tertiary alicyclic amines) is 1. The Labute approximate surface area is 92.5 Å². The number of hydrogen-bond acceptors (Lipinski definition) is 3. The first-order chi connectivity index (χ1) is 7.38. The standard InChI is InChI=1S/C10H16F3NO2/c1-8(15)9-2-4-14(5-3-9)6-7-16-10(11,12)13/h9H,2-7H2,1H3. The van der Waals surface area contributed by atoms with Crippen molar-refractivity contribution in [1.29, 1.82) is 0 Å². The highest BCUT2D eigenvalue weighted by Gasteiger charge is 2.29. The van der Waals surface area contributed by atoms with Crippen molar-refractivity contribution in [1.82, 2.24) is 4.90 Å². The van der Waals surface area contributed by atoms with Crippen LogP contribution in [0.4, 0.5) is 13.2 Å². The normalized spacial score (nSPS) is 20.0. The van der Waals surface area contributed by atoms with Crippen LogP contribution < -0.4 is 0 Å². The van der Waals surface area contributed by atoms with Crippen molar-refractivity contribution < 1.29 is 22.7 Å². The molecule has 1 fully saturated rings. The first-order valence-electron chi connectivity index (χ1n) is 5.32. The zero-order chi connectivity index (χ0) is 12.2. The lowest BCUT2D eigenvalue weighted by Crippen LogP contribution is -2.38. The van der Waals surface area contributed by atoms with Crippen LogP contribution in [0.2, 0.25) is 0 Å². The Morgan fingerprint density at radius 2 is 1.94 bits per heavy atom. The van der Waals surface area contributed by atoms with Gasteiger partial charge in [-0.3, -0.25) is 9.53 Å². The Kier molecular flexibility index (Phi) is 4.73. The van der Waals surface area contributed by atoms with E-state index in [1.54, 1.807) is 6.92 Å². The quantitative estimate of drug-likeness (QED) is 0.749. The zero-order valence-corrected chi connectivity index (χ0v) is 9.22. The molecule has 6 heteroatoms. The van der Waals surface area contributed by atoms with Gasteiger partial charge in [-0.05, 0) is 32.9 Å². The lowest BCUT2D eigenvalue weighted by atomic mass is 9.93. The largest absolute Gasteiger partial charge is 0.522 e. The van der Waals surface area contributed by atoms with Gasteiger partial charge in [-0.1, -0.05) is 0 Å². The van der Waals surface area contributed by atoms with E-state index in [4.69, 9.17) is 0 Å². The van der Waals surface area contributed by atoms with Gasteiger partial charge in [0, 0.05) is 12.5 Å². The molecule has 0 saturated carbocycles. The first-order valence-corrected chi connectivity index (χ1v) is 5.32. The number of carbonyl (C=O) groups is 1. The van der Waals surface area contributed by atoms with E-state index >= 15 is 0 Å². The predicted octanol–water partition coefficient (Wildman–Crippen LogP) is 1.82. The molecule has 0 radical (unpaired) electrons. The molecule has 0 aromatic rings. The minimum atomic E-state index is -4.54. The van der Waals surface area contributed by atoms with E-state index in [0.29, 0.717) is 13.1 Å². The first kappa shape index (κ1) is 13.4. The maximum absolute atomic E-state index is 11.7. The van der Waals surface area contributed by atoms with Crippen LogP contribution in [0.25, 0.3) is 0 Å². The van der Waals surface area contributed by atoms with Gasteiger partial charge in [-0.25, -0.2) is 0 Å². The molecule has 3 nitrogen and oxygen atoms in total. The molecule has 0 aromatic heterocycles. The SMILES string of the molecule is CC(=O)C1CCN(CCOC(F)(F)F)CC1. The predicted molar refractivity (Wildman–Crippen MR) is 51.9 cm³/mol. The van der Waals surface area contributed by atoms with Crippen molar-refractivity contribution in [3.63, 3.8) is 0 Å². The monoisotopic (exact) mass is 239 g/mol. The Balaban J connectivity index is 2.15. The second-order valence-electron chi connectivity index (χ2n) is 4.02. The number of halogens is 3. The molecule has 1 saturated heterocycles. The third-order valence-electron chi connectivity index (χ3n) is 2.84. The minimum Gasteiger partial charge on any atom is -0.301 e. The van der Waals surface area contributed by atoms with Crippen molar-refractivity contribution in [3.8, 4) is 0 Å². The van der Waals surface area contributed by atoms with Crippen LogP contribution in [0.15, 0.2) is 0 Å². The number of carbonyl (C=O) groups excluding carboxylic acids is 1. The molecule has 0 amide bonds. The second-order valence-corrected chi connectivity index (χ2v) is 4.02. The van der Waals surface area contributed by atoms with Crippen LogP contribution in [0.5, 0.6) is 0 Å². The number of nitrogens with zero attached hydrogens (tertiary/aromatic N) is 1. The van der Waals surface area contributed by atoms with E-state index in [1.807, 2.05) is 4.90 Å². The lowest BCUT2D eigenvalue weighted by Gasteiger charge is -2.30. The van der Waals surface area contributed by atoms with Gasteiger partial charge in [0.25, 0.3) is 0 Å². The minimum absolute atomic E-state index is 0.0831. The number of ketones is 1. The Hall–Kier alpha value is -0.620. The fraction of sp³-hybridized carbons (Fsp3) is 0.900. The maximum atomic E-state index is 11.7. The molecule has 0 N–H and O–H groups in total. The van der Waals surface area contributed by atoms with E-state index in [0.717, 1.165) is 12.8 Å². The highest BCUT2D eigenvalue weighted by molar-refractivity contribution is 5.78. The van der Waals surface area contributed by atoms with Gasteiger partial charge >= 0.3 is 6.36 Å². The van der Waals surface area contributed by atoms with E-state index < -0.39 is 6.36 Å². The highest BCUT2D eigenvalue weighted by Crippen LogP contribution is 2.19. The third-order valence-corrected chi connectivity index (χ3v) is 2.84. The summed E-state index contributed by atoms with van der Waals surface area (Å²) in [6.45, 7) is 2.84. The molecule has 1 heterocycles. The van der Waals surface area contributed by atoms with Gasteiger partial charge in [0.05, 0.1) is 6.61 Å². The van der Waals surface area contributed by atoms with Gasteiger partial charge in [-0.2, -0.15) is 0 Å². The van der Waals surface area contributed by atoms with Crippen LogP contribution >= 0.6 is 0 Å². The molecule has 94 valence electrons. The zero-order valence-electron chi connectivity index (χ0n) is 9.22. The summed E-state index contributed by atoms with van der Waals surface area (Å²) in [5.74, 6) is 0.256. The smallest absolute Gasteiger partial charge is 0.301 e.